The molecule has 0 aliphatic heterocycles. The minimum absolute atomic E-state index is 0.0762. The van der Waals surface area contributed by atoms with E-state index in [-0.39, 0.29) is 18.7 Å². The number of carboxylic acid groups (broad SMARTS) is 1. The van der Waals surface area contributed by atoms with E-state index in [1.807, 2.05) is 37.2 Å². The maximum atomic E-state index is 15.2. The summed E-state index contributed by atoms with van der Waals surface area (Å²) in [6.07, 6.45) is 0.0762. The Morgan fingerprint density at radius 1 is 1.03 bits per heavy atom. The second kappa shape index (κ2) is 14.3. The molecule has 0 saturated heterocycles. The van der Waals surface area contributed by atoms with Crippen LogP contribution >= 0.6 is 12.1 Å². The van der Waals surface area contributed by atoms with Crippen LogP contribution in [0.3, 0.4) is 0 Å². The monoisotopic (exact) mass is 556 g/mol. The van der Waals surface area contributed by atoms with E-state index in [9.17, 15) is 9.18 Å². The number of carbonyl (C=O) groups is 1. The molecule has 8 nitrogen and oxygen atoms in total. The predicted molar refractivity (Wildman–Crippen MR) is 152 cm³/mol. The number of anilines is 2. The van der Waals surface area contributed by atoms with Crippen LogP contribution in [-0.4, -0.2) is 32.7 Å². The molecule has 0 atom stereocenters. The number of rotatable bonds is 10. The van der Waals surface area contributed by atoms with Crippen molar-refractivity contribution in [2.24, 2.45) is 0 Å². The number of benzene rings is 3. The number of halogens is 2. The third-order valence-corrected chi connectivity index (χ3v) is 6.40. The third kappa shape index (κ3) is 7.79. The van der Waals surface area contributed by atoms with Gasteiger partial charge in [0.15, 0.2) is 5.82 Å². The van der Waals surface area contributed by atoms with E-state index in [0.29, 0.717) is 35.5 Å². The van der Waals surface area contributed by atoms with Gasteiger partial charge in [-0.05, 0) is 54.1 Å². The van der Waals surface area contributed by atoms with Crippen molar-refractivity contribution in [2.75, 3.05) is 30.8 Å². The summed E-state index contributed by atoms with van der Waals surface area (Å²) in [5.41, 5.74) is 3.62. The second-order valence-corrected chi connectivity index (χ2v) is 9.44. The molecule has 4 rings (SSSR count). The quantitative estimate of drug-likeness (QED) is 0.123. The Bertz CT molecular complexity index is 1460. The van der Waals surface area contributed by atoms with Crippen molar-refractivity contribution in [3.05, 3.63) is 105 Å². The van der Waals surface area contributed by atoms with Crippen molar-refractivity contribution in [1.82, 2.24) is 10.0 Å². The van der Waals surface area contributed by atoms with Gasteiger partial charge in [0.25, 0.3) is 6.47 Å². The van der Waals surface area contributed by atoms with Gasteiger partial charge in [0.2, 0.25) is 0 Å². The first kappa shape index (κ1) is 29.6. The molecule has 11 heteroatoms. The van der Waals surface area contributed by atoms with Gasteiger partial charge in [-0.1, -0.05) is 24.3 Å². The molecule has 0 aliphatic carbocycles. The number of fused-ring (bicyclic) bond motifs is 1. The number of nitrogens with zero attached hydrogens (tertiary/aromatic N) is 1. The van der Waals surface area contributed by atoms with Gasteiger partial charge < -0.3 is 24.5 Å². The minimum Gasteiger partial charge on any atom is -0.483 e. The van der Waals surface area contributed by atoms with Gasteiger partial charge in [-0.3, -0.25) is 4.79 Å². The van der Waals surface area contributed by atoms with Crippen LogP contribution < -0.4 is 25.3 Å². The Morgan fingerprint density at radius 3 is 2.41 bits per heavy atom. The fourth-order valence-electron chi connectivity index (χ4n) is 3.98. The fourth-order valence-corrected chi connectivity index (χ4v) is 4.35. The van der Waals surface area contributed by atoms with Crippen LogP contribution in [0.25, 0.3) is 11.0 Å². The Hall–Kier alpha value is -3.93. The van der Waals surface area contributed by atoms with Crippen molar-refractivity contribution in [3.8, 4) is 0 Å². The molecule has 0 amide bonds. The van der Waals surface area contributed by atoms with E-state index in [0.717, 1.165) is 34.3 Å². The molecule has 0 bridgehead atoms. The highest BCUT2D eigenvalue weighted by molar-refractivity contribution is 7.98. The topological polar surface area (TPSA) is 107 Å². The lowest BCUT2D eigenvalue weighted by molar-refractivity contribution is -0.122. The normalized spacial score (nSPS) is 10.6. The van der Waals surface area contributed by atoms with Crippen LogP contribution in [0.5, 0.6) is 0 Å². The van der Waals surface area contributed by atoms with Crippen LogP contribution in [0, 0.1) is 11.6 Å². The second-order valence-electron chi connectivity index (χ2n) is 8.62. The van der Waals surface area contributed by atoms with Gasteiger partial charge in [0.1, 0.15) is 11.4 Å². The molecule has 0 aliphatic rings. The lowest BCUT2D eigenvalue weighted by atomic mass is 9.97. The fraction of sp³-hybridized carbons (Fsp3) is 0.214. The van der Waals surface area contributed by atoms with Gasteiger partial charge >= 0.3 is 5.63 Å². The van der Waals surface area contributed by atoms with Crippen molar-refractivity contribution < 1.29 is 23.1 Å². The van der Waals surface area contributed by atoms with Crippen molar-refractivity contribution >= 4 is 41.0 Å². The average Bonchev–Trinajstić information content (AvgIpc) is 2.91. The molecule has 0 fully saturated rings. The molecular formula is C28H30F2N4O4S. The van der Waals surface area contributed by atoms with Gasteiger partial charge in [0.05, 0.1) is 5.69 Å². The van der Waals surface area contributed by atoms with Crippen LogP contribution in [0.1, 0.15) is 22.3 Å². The zero-order valence-electron chi connectivity index (χ0n) is 21.8. The van der Waals surface area contributed by atoms with E-state index in [1.165, 1.54) is 12.1 Å². The largest absolute Gasteiger partial charge is 0.483 e. The molecule has 0 unspecified atom stereocenters. The first-order chi connectivity index (χ1) is 18.8. The van der Waals surface area contributed by atoms with Crippen molar-refractivity contribution in [1.29, 1.82) is 0 Å². The predicted octanol–water partition coefficient (Wildman–Crippen LogP) is 4.91. The summed E-state index contributed by atoms with van der Waals surface area (Å²) in [6, 6.07) is 17.0. The smallest absolute Gasteiger partial charge is 0.340 e. The Labute approximate surface area is 229 Å². The maximum Gasteiger partial charge on any atom is 0.340 e. The number of nitrogens with one attached hydrogen (secondary N) is 3. The lowest BCUT2D eigenvalue weighted by Crippen LogP contribution is -2.20. The van der Waals surface area contributed by atoms with Crippen LogP contribution in [0.15, 0.2) is 69.9 Å². The van der Waals surface area contributed by atoms with Gasteiger partial charge in [-0.25, -0.2) is 18.3 Å². The highest BCUT2D eigenvalue weighted by Crippen LogP contribution is 2.28. The van der Waals surface area contributed by atoms with E-state index in [4.69, 9.17) is 14.3 Å². The van der Waals surface area contributed by atoms with Crippen LogP contribution in [-0.2, 0) is 24.3 Å². The summed E-state index contributed by atoms with van der Waals surface area (Å²) < 4.78 is 39.9. The van der Waals surface area contributed by atoms with E-state index >= 15 is 4.39 Å². The summed E-state index contributed by atoms with van der Waals surface area (Å²) in [4.78, 5) is 23.5. The zero-order valence-corrected chi connectivity index (χ0v) is 22.6. The molecular weight excluding hydrogens is 526 g/mol. The standard InChI is InChI=1S/C27H28F2N4O2S.CH2O2/c1-30-36-32-24-6-4-5-18(26(24)29)13-22-23(16-31-15-17-7-9-19(28)10-8-17)21-12-11-20(33(2)3)14-25(21)35-27(22)34;2-1-3/h4-12,14,30-32H,13,15-16H2,1-3H3;1H,(H,2,3). The molecule has 3 aromatic carbocycles. The van der Waals surface area contributed by atoms with E-state index in [2.05, 4.69) is 14.8 Å². The Balaban J connectivity index is 0.00000134. The van der Waals surface area contributed by atoms with Crippen LogP contribution in [0.4, 0.5) is 20.2 Å². The summed E-state index contributed by atoms with van der Waals surface area (Å²) in [5, 5.41) is 11.0. The third-order valence-electron chi connectivity index (χ3n) is 5.87. The summed E-state index contributed by atoms with van der Waals surface area (Å²) in [7, 11) is 5.55. The van der Waals surface area contributed by atoms with E-state index in [1.54, 1.807) is 37.4 Å². The summed E-state index contributed by atoms with van der Waals surface area (Å²) in [6.45, 7) is 0.581. The molecule has 206 valence electrons. The van der Waals surface area contributed by atoms with Gasteiger partial charge in [-0.2, -0.15) is 0 Å². The summed E-state index contributed by atoms with van der Waals surface area (Å²) in [5.74, 6) is -0.718. The van der Waals surface area contributed by atoms with Crippen molar-refractivity contribution in [3.63, 3.8) is 0 Å². The van der Waals surface area contributed by atoms with E-state index < -0.39 is 11.4 Å². The van der Waals surface area contributed by atoms with Crippen LogP contribution in [0.2, 0.25) is 0 Å². The molecule has 0 radical (unpaired) electrons. The molecule has 0 saturated carbocycles. The first-order valence-electron chi connectivity index (χ1n) is 11.9. The number of hydrogen-bond donors (Lipinski definition) is 4. The molecule has 0 spiro atoms. The Morgan fingerprint density at radius 2 is 1.74 bits per heavy atom. The molecule has 4 N–H and O–H groups in total. The average molecular weight is 557 g/mol. The minimum atomic E-state index is -0.501. The first-order valence-corrected chi connectivity index (χ1v) is 12.8. The summed E-state index contributed by atoms with van der Waals surface area (Å²) >= 11 is 1.15. The zero-order chi connectivity index (χ0) is 28.4. The number of hydrogen-bond acceptors (Lipinski definition) is 8. The highest BCUT2D eigenvalue weighted by Gasteiger charge is 2.18. The van der Waals surface area contributed by atoms with Gasteiger partial charge in [0, 0.05) is 68.4 Å². The Kier molecular flexibility index (Phi) is 10.9. The van der Waals surface area contributed by atoms with Crippen molar-refractivity contribution in [2.45, 2.75) is 19.5 Å². The molecule has 1 heterocycles. The molecule has 1 aromatic heterocycles. The molecule has 4 aromatic rings. The lowest BCUT2D eigenvalue weighted by Gasteiger charge is -2.16. The highest BCUT2D eigenvalue weighted by atomic mass is 32.2. The SMILES string of the molecule is CNSNc1cccc(Cc2c(CNCc3ccc(F)cc3)c3ccc(N(C)C)cc3oc2=O)c1F.O=CO. The van der Waals surface area contributed by atoms with Gasteiger partial charge in [-0.15, -0.1) is 0 Å². The maximum absolute atomic E-state index is 15.2. The molecule has 39 heavy (non-hydrogen) atoms.